The molecule has 0 spiro atoms. The predicted molar refractivity (Wildman–Crippen MR) is 105 cm³/mol. The Kier molecular flexibility index (Phi) is 7.57. The van der Waals surface area contributed by atoms with Gasteiger partial charge in [0.15, 0.2) is 5.78 Å². The highest BCUT2D eigenvalue weighted by molar-refractivity contribution is 7.89. The van der Waals surface area contributed by atoms with E-state index in [0.29, 0.717) is 31.2 Å². The number of nitrogens with zero attached hydrogens (tertiary/aromatic N) is 1. The van der Waals surface area contributed by atoms with Crippen LogP contribution >= 0.6 is 0 Å². The van der Waals surface area contributed by atoms with Gasteiger partial charge in [0.05, 0.1) is 16.6 Å². The first-order valence-electron chi connectivity index (χ1n) is 10.5. The van der Waals surface area contributed by atoms with Crippen LogP contribution in [0.3, 0.4) is 0 Å². The van der Waals surface area contributed by atoms with Crippen molar-refractivity contribution in [2.24, 2.45) is 5.92 Å². The zero-order chi connectivity index (χ0) is 21.8. The standard InChI is InChI=1S/C21H28F3NO4S/c22-21(23,24)17-7-4-8-20(14-17)30(27,28)25-11-9-19(10-12-25)29-15-18(26)13-16-5-2-1-3-6-16/h4,7-8,14,16,19H,1-3,5-6,9-13,15H2. The molecule has 1 aliphatic carbocycles. The summed E-state index contributed by atoms with van der Waals surface area (Å²) >= 11 is 0. The fourth-order valence-electron chi connectivity index (χ4n) is 4.20. The van der Waals surface area contributed by atoms with E-state index in [4.69, 9.17) is 4.74 Å². The Labute approximate surface area is 175 Å². The lowest BCUT2D eigenvalue weighted by atomic mass is 9.86. The van der Waals surface area contributed by atoms with Gasteiger partial charge in [0.25, 0.3) is 0 Å². The number of carbonyl (C=O) groups is 1. The number of benzene rings is 1. The largest absolute Gasteiger partial charge is 0.416 e. The van der Waals surface area contributed by atoms with Crippen molar-refractivity contribution >= 4 is 15.8 Å². The summed E-state index contributed by atoms with van der Waals surface area (Å²) in [5.74, 6) is 0.537. The summed E-state index contributed by atoms with van der Waals surface area (Å²) in [6.45, 7) is 0.349. The molecule has 5 nitrogen and oxygen atoms in total. The molecule has 0 N–H and O–H groups in total. The van der Waals surface area contributed by atoms with Gasteiger partial charge < -0.3 is 4.74 Å². The van der Waals surface area contributed by atoms with Crippen molar-refractivity contribution in [3.8, 4) is 0 Å². The molecule has 9 heteroatoms. The third-order valence-electron chi connectivity index (χ3n) is 5.92. The van der Waals surface area contributed by atoms with Crippen molar-refractivity contribution in [3.05, 3.63) is 29.8 Å². The number of sulfonamides is 1. The van der Waals surface area contributed by atoms with Gasteiger partial charge in [-0.2, -0.15) is 17.5 Å². The van der Waals surface area contributed by atoms with Crippen LogP contribution in [0.5, 0.6) is 0 Å². The number of hydrogen-bond acceptors (Lipinski definition) is 4. The maximum Gasteiger partial charge on any atom is 0.416 e. The van der Waals surface area contributed by atoms with Crippen molar-refractivity contribution in [1.29, 1.82) is 0 Å². The van der Waals surface area contributed by atoms with E-state index < -0.39 is 21.8 Å². The molecule has 0 unspecified atom stereocenters. The third kappa shape index (κ3) is 6.04. The Morgan fingerprint density at radius 1 is 1.07 bits per heavy atom. The number of Topliss-reactive ketones (excluding diaryl/α,β-unsaturated/α-hetero) is 1. The van der Waals surface area contributed by atoms with E-state index >= 15 is 0 Å². The Bertz CT molecular complexity index is 827. The molecule has 1 aromatic carbocycles. The van der Waals surface area contributed by atoms with Gasteiger partial charge in [0, 0.05) is 19.5 Å². The number of alkyl halides is 3. The van der Waals surface area contributed by atoms with Crippen LogP contribution in [-0.2, 0) is 25.7 Å². The summed E-state index contributed by atoms with van der Waals surface area (Å²) in [7, 11) is -4.01. The SMILES string of the molecule is O=C(COC1CCN(S(=O)(=O)c2cccc(C(F)(F)F)c2)CC1)CC1CCCCC1. The fourth-order valence-corrected chi connectivity index (χ4v) is 5.72. The normalized spacial score (nSPS) is 20.4. The lowest BCUT2D eigenvalue weighted by molar-refractivity contribution is -0.137. The molecule has 1 aromatic rings. The quantitative estimate of drug-likeness (QED) is 0.621. The van der Waals surface area contributed by atoms with Crippen molar-refractivity contribution < 1.29 is 31.1 Å². The highest BCUT2D eigenvalue weighted by atomic mass is 32.2. The molecule has 0 bridgehead atoms. The number of halogens is 3. The summed E-state index contributed by atoms with van der Waals surface area (Å²) in [5, 5.41) is 0. The molecule has 0 radical (unpaired) electrons. The Balaban J connectivity index is 1.49. The maximum absolute atomic E-state index is 12.9. The minimum atomic E-state index is -4.60. The van der Waals surface area contributed by atoms with E-state index in [-0.39, 0.29) is 36.5 Å². The summed E-state index contributed by atoms with van der Waals surface area (Å²) in [4.78, 5) is 11.8. The number of hydrogen-bond donors (Lipinski definition) is 0. The van der Waals surface area contributed by atoms with E-state index in [1.807, 2.05) is 0 Å². The molecule has 0 atom stereocenters. The number of ketones is 1. The third-order valence-corrected chi connectivity index (χ3v) is 7.82. The van der Waals surface area contributed by atoms with E-state index in [1.165, 1.54) is 29.6 Å². The van der Waals surface area contributed by atoms with E-state index in [2.05, 4.69) is 0 Å². The zero-order valence-corrected chi connectivity index (χ0v) is 17.7. The highest BCUT2D eigenvalue weighted by Crippen LogP contribution is 2.32. The molecule has 2 fully saturated rings. The zero-order valence-electron chi connectivity index (χ0n) is 16.9. The van der Waals surface area contributed by atoms with Gasteiger partial charge in [-0.3, -0.25) is 4.79 Å². The minimum Gasteiger partial charge on any atom is -0.370 e. The van der Waals surface area contributed by atoms with Gasteiger partial charge in [-0.25, -0.2) is 8.42 Å². The lowest BCUT2D eigenvalue weighted by Gasteiger charge is -2.31. The lowest BCUT2D eigenvalue weighted by Crippen LogP contribution is -2.41. The van der Waals surface area contributed by atoms with Crippen molar-refractivity contribution in [1.82, 2.24) is 4.31 Å². The van der Waals surface area contributed by atoms with Gasteiger partial charge in [-0.05, 0) is 37.0 Å². The first-order valence-corrected chi connectivity index (χ1v) is 11.9. The molecule has 0 aromatic heterocycles. The second-order valence-electron chi connectivity index (χ2n) is 8.19. The maximum atomic E-state index is 12.9. The average molecular weight is 448 g/mol. The number of rotatable bonds is 7. The summed E-state index contributed by atoms with van der Waals surface area (Å²) in [5.41, 5.74) is -0.988. The van der Waals surface area contributed by atoms with Crippen LogP contribution < -0.4 is 0 Å². The summed E-state index contributed by atoms with van der Waals surface area (Å²) in [6.07, 6.45) is 2.34. The molecular formula is C21H28F3NO4S. The van der Waals surface area contributed by atoms with Gasteiger partial charge in [0.2, 0.25) is 10.0 Å². The number of ether oxygens (including phenoxy) is 1. The molecule has 0 amide bonds. The van der Waals surface area contributed by atoms with Crippen LogP contribution in [0.2, 0.25) is 0 Å². The van der Waals surface area contributed by atoms with Crippen molar-refractivity contribution in [2.75, 3.05) is 19.7 Å². The average Bonchev–Trinajstić information content (AvgIpc) is 2.73. The van der Waals surface area contributed by atoms with E-state index in [9.17, 15) is 26.4 Å². The van der Waals surface area contributed by atoms with Crippen LogP contribution in [0.4, 0.5) is 13.2 Å². The van der Waals surface area contributed by atoms with Crippen LogP contribution in [0.25, 0.3) is 0 Å². The van der Waals surface area contributed by atoms with Gasteiger partial charge >= 0.3 is 6.18 Å². The molecular weight excluding hydrogens is 419 g/mol. The molecule has 1 heterocycles. The van der Waals surface area contributed by atoms with Crippen LogP contribution in [0.15, 0.2) is 29.2 Å². The molecule has 168 valence electrons. The van der Waals surface area contributed by atoms with Crippen LogP contribution in [-0.4, -0.2) is 44.3 Å². The van der Waals surface area contributed by atoms with Gasteiger partial charge in [-0.1, -0.05) is 38.2 Å². The second kappa shape index (κ2) is 9.78. The monoisotopic (exact) mass is 447 g/mol. The van der Waals surface area contributed by atoms with Crippen molar-refractivity contribution in [2.45, 2.75) is 68.5 Å². The summed E-state index contributed by atoms with van der Waals surface area (Å²) in [6, 6.07) is 3.80. The molecule has 1 aliphatic heterocycles. The van der Waals surface area contributed by atoms with Gasteiger partial charge in [0.1, 0.15) is 6.61 Å². The molecule has 1 saturated carbocycles. The number of piperidine rings is 1. The van der Waals surface area contributed by atoms with E-state index in [0.717, 1.165) is 25.0 Å². The smallest absolute Gasteiger partial charge is 0.370 e. The minimum absolute atomic E-state index is 0.0432. The predicted octanol–water partition coefficient (Wildman–Crippen LogP) is 4.41. The van der Waals surface area contributed by atoms with Gasteiger partial charge in [-0.15, -0.1) is 0 Å². The Morgan fingerprint density at radius 2 is 1.73 bits per heavy atom. The summed E-state index contributed by atoms with van der Waals surface area (Å²) < 4.78 is 71.0. The first kappa shape index (κ1) is 23.2. The first-order chi connectivity index (χ1) is 14.2. The molecule has 1 saturated heterocycles. The van der Waals surface area contributed by atoms with Crippen molar-refractivity contribution in [3.63, 3.8) is 0 Å². The second-order valence-corrected chi connectivity index (χ2v) is 10.1. The Hall–Kier alpha value is -1.45. The fraction of sp³-hybridized carbons (Fsp3) is 0.667. The molecule has 2 aliphatic rings. The molecule has 30 heavy (non-hydrogen) atoms. The van der Waals surface area contributed by atoms with E-state index in [1.54, 1.807) is 0 Å². The number of carbonyl (C=O) groups excluding carboxylic acids is 1. The molecule has 3 rings (SSSR count). The Morgan fingerprint density at radius 3 is 2.37 bits per heavy atom. The van der Waals surface area contributed by atoms with Crippen LogP contribution in [0.1, 0.15) is 56.9 Å². The highest BCUT2D eigenvalue weighted by Gasteiger charge is 2.34. The van der Waals surface area contributed by atoms with Crippen LogP contribution in [0, 0.1) is 5.92 Å². The topological polar surface area (TPSA) is 63.7 Å².